The molecule has 3 atom stereocenters. The summed E-state index contributed by atoms with van der Waals surface area (Å²) in [5.74, 6) is -0.197. The van der Waals surface area contributed by atoms with E-state index in [9.17, 15) is 4.79 Å². The monoisotopic (exact) mass is 269 g/mol. The largest absolute Gasteiger partial charge is 0.380 e. The summed E-state index contributed by atoms with van der Waals surface area (Å²) in [6.45, 7) is 4.92. The number of hydrogen-bond acceptors (Lipinski definition) is 4. The van der Waals surface area contributed by atoms with E-state index in [-0.39, 0.29) is 5.91 Å². The number of likely N-dealkylation sites (tertiary alicyclic amines) is 1. The van der Waals surface area contributed by atoms with E-state index < -0.39 is 5.54 Å². The minimum Gasteiger partial charge on any atom is -0.380 e. The van der Waals surface area contributed by atoms with Crippen molar-refractivity contribution < 1.29 is 9.53 Å². The van der Waals surface area contributed by atoms with E-state index in [1.807, 2.05) is 6.92 Å². The zero-order valence-electron chi connectivity index (χ0n) is 12.2. The lowest BCUT2D eigenvalue weighted by Gasteiger charge is -2.37. The van der Waals surface area contributed by atoms with Crippen LogP contribution in [0.2, 0.25) is 0 Å². The molecule has 1 aliphatic carbocycles. The standard InChI is InChI=1S/C14H27N3O2/c1-3-16-14(13(15)18)7-6-11(9-14)17-8-4-5-12(10-17)19-2/h11-12,16H,3-10H2,1-2H3,(H2,15,18). The Morgan fingerprint density at radius 2 is 2.32 bits per heavy atom. The molecule has 3 unspecified atom stereocenters. The minimum atomic E-state index is -0.487. The molecule has 110 valence electrons. The van der Waals surface area contributed by atoms with Gasteiger partial charge in [-0.05, 0) is 45.2 Å². The number of piperidine rings is 1. The molecule has 0 radical (unpaired) electrons. The maximum absolute atomic E-state index is 11.8. The van der Waals surface area contributed by atoms with Crippen LogP contribution in [-0.2, 0) is 9.53 Å². The molecule has 0 aromatic carbocycles. The van der Waals surface area contributed by atoms with Gasteiger partial charge in [-0.2, -0.15) is 0 Å². The van der Waals surface area contributed by atoms with E-state index in [1.165, 1.54) is 6.42 Å². The summed E-state index contributed by atoms with van der Waals surface area (Å²) in [4.78, 5) is 14.3. The number of likely N-dealkylation sites (N-methyl/N-ethyl adjacent to an activating group) is 1. The fourth-order valence-corrected chi connectivity index (χ4v) is 3.63. The van der Waals surface area contributed by atoms with Gasteiger partial charge in [0.2, 0.25) is 5.91 Å². The third-order valence-electron chi connectivity index (χ3n) is 4.73. The zero-order chi connectivity index (χ0) is 13.9. The Morgan fingerprint density at radius 1 is 1.53 bits per heavy atom. The summed E-state index contributed by atoms with van der Waals surface area (Å²) in [6.07, 6.45) is 5.42. The Balaban J connectivity index is 1.98. The SMILES string of the molecule is CCNC1(C(N)=O)CCC(N2CCCC(OC)C2)C1. The van der Waals surface area contributed by atoms with E-state index in [0.717, 1.165) is 45.3 Å². The molecule has 5 heteroatoms. The molecule has 0 bridgehead atoms. The van der Waals surface area contributed by atoms with Crippen molar-refractivity contribution in [3.63, 3.8) is 0 Å². The molecule has 2 aliphatic rings. The van der Waals surface area contributed by atoms with Crippen LogP contribution in [0.3, 0.4) is 0 Å². The summed E-state index contributed by atoms with van der Waals surface area (Å²) >= 11 is 0. The molecule has 1 aliphatic heterocycles. The summed E-state index contributed by atoms with van der Waals surface area (Å²) < 4.78 is 5.48. The quantitative estimate of drug-likeness (QED) is 0.762. The number of nitrogens with two attached hydrogens (primary N) is 1. The fourth-order valence-electron chi connectivity index (χ4n) is 3.63. The van der Waals surface area contributed by atoms with Gasteiger partial charge in [-0.3, -0.25) is 9.69 Å². The van der Waals surface area contributed by atoms with Gasteiger partial charge < -0.3 is 15.8 Å². The van der Waals surface area contributed by atoms with Crippen molar-refractivity contribution in [1.82, 2.24) is 10.2 Å². The number of methoxy groups -OCH3 is 1. The zero-order valence-corrected chi connectivity index (χ0v) is 12.2. The highest BCUT2D eigenvalue weighted by Gasteiger charge is 2.45. The predicted molar refractivity (Wildman–Crippen MR) is 74.8 cm³/mol. The maximum atomic E-state index is 11.8. The molecule has 5 nitrogen and oxygen atoms in total. The van der Waals surface area contributed by atoms with Crippen molar-refractivity contribution in [2.75, 3.05) is 26.7 Å². The molecule has 2 fully saturated rings. The van der Waals surface area contributed by atoms with Gasteiger partial charge in [-0.25, -0.2) is 0 Å². The molecular weight excluding hydrogens is 242 g/mol. The van der Waals surface area contributed by atoms with Crippen molar-refractivity contribution in [3.05, 3.63) is 0 Å². The molecule has 2 rings (SSSR count). The van der Waals surface area contributed by atoms with Crippen molar-refractivity contribution in [3.8, 4) is 0 Å². The van der Waals surface area contributed by atoms with E-state index >= 15 is 0 Å². The van der Waals surface area contributed by atoms with Crippen LogP contribution in [0.5, 0.6) is 0 Å². The Bertz CT molecular complexity index is 324. The van der Waals surface area contributed by atoms with Gasteiger partial charge in [0, 0.05) is 19.7 Å². The molecule has 19 heavy (non-hydrogen) atoms. The number of nitrogens with zero attached hydrogens (tertiary/aromatic N) is 1. The Kier molecular flexibility index (Phi) is 4.81. The first-order chi connectivity index (χ1) is 9.11. The number of primary amides is 1. The summed E-state index contributed by atoms with van der Waals surface area (Å²) in [5, 5.41) is 3.32. The third-order valence-corrected chi connectivity index (χ3v) is 4.73. The lowest BCUT2D eigenvalue weighted by atomic mass is 9.95. The topological polar surface area (TPSA) is 67.6 Å². The Hall–Kier alpha value is -0.650. The van der Waals surface area contributed by atoms with Crippen LogP contribution >= 0.6 is 0 Å². The van der Waals surface area contributed by atoms with Gasteiger partial charge in [0.25, 0.3) is 0 Å². The molecule has 1 amide bonds. The highest BCUT2D eigenvalue weighted by atomic mass is 16.5. The first-order valence-electron chi connectivity index (χ1n) is 7.43. The molecule has 0 aromatic heterocycles. The fraction of sp³-hybridized carbons (Fsp3) is 0.929. The second-order valence-electron chi connectivity index (χ2n) is 5.87. The van der Waals surface area contributed by atoms with Gasteiger partial charge in [0.15, 0.2) is 0 Å². The first-order valence-corrected chi connectivity index (χ1v) is 7.43. The number of amides is 1. The molecule has 3 N–H and O–H groups in total. The molecule has 1 saturated heterocycles. The number of carbonyl (C=O) groups excluding carboxylic acids is 1. The second-order valence-corrected chi connectivity index (χ2v) is 5.87. The van der Waals surface area contributed by atoms with Gasteiger partial charge in [0.1, 0.15) is 0 Å². The van der Waals surface area contributed by atoms with Crippen LogP contribution in [0, 0.1) is 0 Å². The molecule has 1 saturated carbocycles. The second kappa shape index (κ2) is 6.20. The van der Waals surface area contributed by atoms with Gasteiger partial charge in [0.05, 0.1) is 11.6 Å². The summed E-state index contributed by atoms with van der Waals surface area (Å²) in [5.41, 5.74) is 5.13. The van der Waals surface area contributed by atoms with Crippen LogP contribution in [0.1, 0.15) is 39.0 Å². The predicted octanol–water partition coefficient (Wildman–Crippen LogP) is 0.483. The van der Waals surface area contributed by atoms with Crippen LogP contribution in [0.4, 0.5) is 0 Å². The van der Waals surface area contributed by atoms with Crippen LogP contribution in [0.25, 0.3) is 0 Å². The molecule has 0 spiro atoms. The van der Waals surface area contributed by atoms with Crippen LogP contribution < -0.4 is 11.1 Å². The average Bonchev–Trinajstić information content (AvgIpc) is 2.85. The summed E-state index contributed by atoms with van der Waals surface area (Å²) in [7, 11) is 1.79. The number of ether oxygens (including phenoxy) is 1. The average molecular weight is 269 g/mol. The summed E-state index contributed by atoms with van der Waals surface area (Å²) in [6, 6.07) is 0.462. The normalized spacial score (nSPS) is 36.5. The lowest BCUT2D eigenvalue weighted by Crippen LogP contribution is -2.55. The lowest BCUT2D eigenvalue weighted by molar-refractivity contribution is -0.124. The van der Waals surface area contributed by atoms with E-state index in [4.69, 9.17) is 10.5 Å². The molecular formula is C14H27N3O2. The Labute approximate surface area is 115 Å². The number of carbonyl (C=O) groups is 1. The minimum absolute atomic E-state index is 0.197. The van der Waals surface area contributed by atoms with Gasteiger partial charge >= 0.3 is 0 Å². The molecule has 1 heterocycles. The number of rotatable bonds is 5. The van der Waals surface area contributed by atoms with E-state index in [0.29, 0.717) is 12.1 Å². The van der Waals surface area contributed by atoms with Crippen molar-refractivity contribution in [2.45, 2.75) is 56.7 Å². The first kappa shape index (κ1) is 14.8. The van der Waals surface area contributed by atoms with Gasteiger partial charge in [-0.15, -0.1) is 0 Å². The van der Waals surface area contributed by atoms with E-state index in [1.54, 1.807) is 7.11 Å². The highest BCUT2D eigenvalue weighted by molar-refractivity contribution is 5.85. The smallest absolute Gasteiger partial charge is 0.237 e. The van der Waals surface area contributed by atoms with Gasteiger partial charge in [-0.1, -0.05) is 6.92 Å². The van der Waals surface area contributed by atoms with Crippen LogP contribution in [0.15, 0.2) is 0 Å². The highest BCUT2D eigenvalue weighted by Crippen LogP contribution is 2.34. The van der Waals surface area contributed by atoms with Crippen molar-refractivity contribution in [1.29, 1.82) is 0 Å². The molecule has 0 aromatic rings. The number of nitrogens with one attached hydrogen (secondary N) is 1. The Morgan fingerprint density at radius 3 is 2.95 bits per heavy atom. The van der Waals surface area contributed by atoms with Crippen molar-refractivity contribution >= 4 is 5.91 Å². The maximum Gasteiger partial charge on any atom is 0.237 e. The van der Waals surface area contributed by atoms with Crippen molar-refractivity contribution in [2.24, 2.45) is 5.73 Å². The third kappa shape index (κ3) is 3.09. The number of hydrogen-bond donors (Lipinski definition) is 2. The van der Waals surface area contributed by atoms with Crippen LogP contribution in [-0.4, -0.2) is 55.2 Å². The van der Waals surface area contributed by atoms with E-state index in [2.05, 4.69) is 10.2 Å².